The Morgan fingerprint density at radius 3 is 2.44 bits per heavy atom. The zero-order valence-electron chi connectivity index (χ0n) is 19.7. The lowest BCUT2D eigenvalue weighted by molar-refractivity contribution is -0.269. The third-order valence-electron chi connectivity index (χ3n) is 8.91. The van der Waals surface area contributed by atoms with Gasteiger partial charge in [-0.3, -0.25) is 0 Å². The highest BCUT2D eigenvalue weighted by Gasteiger charge is 2.58. The van der Waals surface area contributed by atoms with E-state index < -0.39 is 0 Å². The standard InChI is InChI=1S/C28H39N3O/c1-27(2)24-12-13-28(32-27,17-25(24)29)23-10-9-21(14-19-6-4-3-5-7-19)22(16-23)15-20-8-11-26(30)31-18-20/h3-8,11,18,21-25H,9-10,12-17,29H2,1-2H3,(H2,30,31). The number of hydrogen-bond donors (Lipinski definition) is 2. The van der Waals surface area contributed by atoms with Crippen LogP contribution < -0.4 is 11.5 Å². The molecule has 172 valence electrons. The molecule has 1 aromatic heterocycles. The van der Waals surface area contributed by atoms with Gasteiger partial charge >= 0.3 is 0 Å². The summed E-state index contributed by atoms with van der Waals surface area (Å²) in [6, 6.07) is 15.4. The maximum atomic E-state index is 6.93. The van der Waals surface area contributed by atoms with Crippen LogP contribution in [0.25, 0.3) is 0 Å². The fourth-order valence-electron chi connectivity index (χ4n) is 7.37. The van der Waals surface area contributed by atoms with Crippen molar-refractivity contribution in [1.82, 2.24) is 4.98 Å². The second-order valence-corrected chi connectivity index (χ2v) is 11.3. The van der Waals surface area contributed by atoms with E-state index in [2.05, 4.69) is 55.2 Å². The highest BCUT2D eigenvalue weighted by Crippen LogP contribution is 2.56. The largest absolute Gasteiger partial charge is 0.384 e. The Labute approximate surface area is 193 Å². The summed E-state index contributed by atoms with van der Waals surface area (Å²) in [5.41, 5.74) is 15.1. The first-order valence-corrected chi connectivity index (χ1v) is 12.5. The summed E-state index contributed by atoms with van der Waals surface area (Å²) in [6.07, 6.45) is 11.3. The molecule has 1 aromatic carbocycles. The van der Waals surface area contributed by atoms with E-state index in [-0.39, 0.29) is 17.2 Å². The topological polar surface area (TPSA) is 74.2 Å². The van der Waals surface area contributed by atoms with Crippen LogP contribution in [0.4, 0.5) is 5.82 Å². The maximum Gasteiger partial charge on any atom is 0.123 e. The molecule has 4 heteroatoms. The lowest BCUT2D eigenvalue weighted by Crippen LogP contribution is -2.66. The Morgan fingerprint density at radius 2 is 1.75 bits per heavy atom. The van der Waals surface area contributed by atoms with Gasteiger partial charge in [0.2, 0.25) is 0 Å². The van der Waals surface area contributed by atoms with Crippen molar-refractivity contribution in [2.75, 3.05) is 5.73 Å². The number of hydrogen-bond acceptors (Lipinski definition) is 4. The average Bonchev–Trinajstić information content (AvgIpc) is 2.76. The van der Waals surface area contributed by atoms with Crippen LogP contribution in [0.5, 0.6) is 0 Å². The predicted molar refractivity (Wildman–Crippen MR) is 130 cm³/mol. The van der Waals surface area contributed by atoms with Crippen LogP contribution in [0.1, 0.15) is 63.5 Å². The molecule has 2 aliphatic carbocycles. The molecule has 6 atom stereocenters. The highest BCUT2D eigenvalue weighted by atomic mass is 16.5. The van der Waals surface area contributed by atoms with Gasteiger partial charge in [-0.1, -0.05) is 36.4 Å². The van der Waals surface area contributed by atoms with Gasteiger partial charge in [0.05, 0.1) is 11.2 Å². The number of nitrogens with two attached hydrogens (primary N) is 2. The average molecular weight is 434 g/mol. The Hall–Kier alpha value is -1.91. The normalized spacial score (nSPS) is 36.2. The van der Waals surface area contributed by atoms with Crippen LogP contribution in [-0.2, 0) is 17.6 Å². The van der Waals surface area contributed by atoms with E-state index in [1.807, 2.05) is 12.3 Å². The first-order valence-electron chi connectivity index (χ1n) is 12.5. The summed E-state index contributed by atoms with van der Waals surface area (Å²) in [4.78, 5) is 4.36. The van der Waals surface area contributed by atoms with Crippen molar-refractivity contribution in [1.29, 1.82) is 0 Å². The van der Waals surface area contributed by atoms with E-state index in [0.29, 0.717) is 29.5 Å². The van der Waals surface area contributed by atoms with Crippen molar-refractivity contribution in [2.45, 2.75) is 82.5 Å². The quantitative estimate of drug-likeness (QED) is 0.683. The number of ether oxygens (including phenoxy) is 1. The second kappa shape index (κ2) is 8.46. The number of rotatable bonds is 5. The van der Waals surface area contributed by atoms with Gasteiger partial charge in [0.1, 0.15) is 5.82 Å². The number of nitrogen functional groups attached to an aromatic ring is 1. The van der Waals surface area contributed by atoms with Gasteiger partial charge in [0.25, 0.3) is 0 Å². The first kappa shape index (κ1) is 21.9. The maximum absolute atomic E-state index is 6.93. The van der Waals surface area contributed by atoms with E-state index >= 15 is 0 Å². The fourth-order valence-corrected chi connectivity index (χ4v) is 7.37. The minimum atomic E-state index is -0.104. The monoisotopic (exact) mass is 433 g/mol. The molecule has 6 rings (SSSR count). The molecule has 0 radical (unpaired) electrons. The molecule has 6 unspecified atom stereocenters. The second-order valence-electron chi connectivity index (χ2n) is 11.3. The Bertz CT molecular complexity index is 912. The van der Waals surface area contributed by atoms with Crippen molar-refractivity contribution >= 4 is 5.82 Å². The van der Waals surface area contributed by atoms with Crippen LogP contribution in [0.15, 0.2) is 48.7 Å². The SMILES string of the molecule is CC1(C)OC2(C3CCC(Cc4ccccc4)C(Cc4ccc(N)nc4)C3)CCC1C(N)C2. The van der Waals surface area contributed by atoms with E-state index in [9.17, 15) is 0 Å². The van der Waals surface area contributed by atoms with Gasteiger partial charge in [-0.25, -0.2) is 4.98 Å². The van der Waals surface area contributed by atoms with Crippen molar-refractivity contribution in [2.24, 2.45) is 29.4 Å². The number of anilines is 1. The van der Waals surface area contributed by atoms with Gasteiger partial charge in [-0.15, -0.1) is 0 Å². The van der Waals surface area contributed by atoms with E-state index in [0.717, 1.165) is 19.3 Å². The third-order valence-corrected chi connectivity index (χ3v) is 8.91. The molecule has 2 aromatic rings. The van der Waals surface area contributed by atoms with Crippen LogP contribution in [0.3, 0.4) is 0 Å². The number of benzene rings is 1. The molecular weight excluding hydrogens is 394 g/mol. The third kappa shape index (κ3) is 4.20. The van der Waals surface area contributed by atoms with Crippen LogP contribution >= 0.6 is 0 Å². The minimum absolute atomic E-state index is 0.0347. The van der Waals surface area contributed by atoms with Crippen LogP contribution in [-0.4, -0.2) is 22.2 Å². The molecule has 2 aliphatic heterocycles. The minimum Gasteiger partial charge on any atom is -0.384 e. The number of fused-ring (bicyclic) bond motifs is 3. The molecule has 32 heavy (non-hydrogen) atoms. The summed E-state index contributed by atoms with van der Waals surface area (Å²) >= 11 is 0. The Balaban J connectivity index is 1.38. The Kier molecular flexibility index (Phi) is 5.79. The summed E-state index contributed by atoms with van der Waals surface area (Å²) in [6.45, 7) is 4.53. The summed E-state index contributed by atoms with van der Waals surface area (Å²) in [5, 5.41) is 0. The smallest absolute Gasteiger partial charge is 0.123 e. The summed E-state index contributed by atoms with van der Waals surface area (Å²) < 4.78 is 6.93. The van der Waals surface area contributed by atoms with E-state index in [1.165, 1.54) is 43.2 Å². The van der Waals surface area contributed by atoms with Crippen molar-refractivity contribution in [3.63, 3.8) is 0 Å². The number of aromatic nitrogens is 1. The lowest BCUT2D eigenvalue weighted by Gasteiger charge is -2.61. The van der Waals surface area contributed by atoms with Crippen molar-refractivity contribution < 1.29 is 4.74 Å². The van der Waals surface area contributed by atoms with Gasteiger partial charge < -0.3 is 16.2 Å². The zero-order valence-corrected chi connectivity index (χ0v) is 19.7. The molecule has 4 fully saturated rings. The predicted octanol–water partition coefficient (Wildman–Crippen LogP) is 5.16. The molecule has 4 aliphatic rings. The molecule has 4 nitrogen and oxygen atoms in total. The molecule has 3 heterocycles. The summed E-state index contributed by atoms with van der Waals surface area (Å²) in [5.74, 6) is 2.99. The summed E-state index contributed by atoms with van der Waals surface area (Å²) in [7, 11) is 0. The Morgan fingerprint density at radius 1 is 0.969 bits per heavy atom. The fraction of sp³-hybridized carbons (Fsp3) is 0.607. The highest BCUT2D eigenvalue weighted by molar-refractivity contribution is 5.29. The van der Waals surface area contributed by atoms with Crippen molar-refractivity contribution in [3.8, 4) is 0 Å². The molecule has 0 amide bonds. The lowest BCUT2D eigenvalue weighted by atomic mass is 9.57. The van der Waals surface area contributed by atoms with Crippen molar-refractivity contribution in [3.05, 3.63) is 59.8 Å². The van der Waals surface area contributed by atoms with Crippen LogP contribution in [0, 0.1) is 23.7 Å². The molecule has 2 bridgehead atoms. The van der Waals surface area contributed by atoms with E-state index in [4.69, 9.17) is 16.2 Å². The van der Waals surface area contributed by atoms with Crippen LogP contribution in [0.2, 0.25) is 0 Å². The number of pyridine rings is 1. The molecular formula is C28H39N3O. The number of nitrogens with zero attached hydrogens (tertiary/aromatic N) is 1. The van der Waals surface area contributed by atoms with Gasteiger partial charge in [-0.05, 0) is 100 Å². The van der Waals surface area contributed by atoms with Gasteiger partial charge in [0, 0.05) is 18.2 Å². The van der Waals surface area contributed by atoms with Gasteiger partial charge in [-0.2, -0.15) is 0 Å². The molecule has 4 N–H and O–H groups in total. The zero-order chi connectivity index (χ0) is 22.3. The molecule has 2 saturated carbocycles. The molecule has 0 spiro atoms. The first-order chi connectivity index (χ1) is 15.3. The van der Waals surface area contributed by atoms with E-state index in [1.54, 1.807) is 0 Å². The van der Waals surface area contributed by atoms with Gasteiger partial charge in [0.15, 0.2) is 0 Å². The molecule has 2 saturated heterocycles.